The molecule has 0 aliphatic heterocycles. The van der Waals surface area contributed by atoms with E-state index in [-0.39, 0.29) is 18.0 Å². The lowest BCUT2D eigenvalue weighted by Gasteiger charge is -2.22. The Bertz CT molecular complexity index is 219. The van der Waals surface area contributed by atoms with Crippen LogP contribution in [0.15, 0.2) is 0 Å². The van der Waals surface area contributed by atoms with Crippen LogP contribution in [0.5, 0.6) is 0 Å². The number of hydrogen-bond acceptors (Lipinski definition) is 3. The maximum atomic E-state index is 11.8. The quantitative estimate of drug-likeness (QED) is 0.674. The first-order valence-electron chi connectivity index (χ1n) is 6.58. The molecular formula is C13H29N3O. The van der Waals surface area contributed by atoms with E-state index in [1.54, 1.807) is 0 Å². The summed E-state index contributed by atoms with van der Waals surface area (Å²) in [5.74, 6) is 0.0936. The first-order valence-corrected chi connectivity index (χ1v) is 6.58. The molecule has 0 saturated heterocycles. The highest BCUT2D eigenvalue weighted by molar-refractivity contribution is 5.81. The van der Waals surface area contributed by atoms with Crippen LogP contribution < -0.4 is 10.6 Å². The zero-order valence-corrected chi connectivity index (χ0v) is 12.2. The van der Waals surface area contributed by atoms with E-state index in [9.17, 15) is 4.79 Å². The predicted molar refractivity (Wildman–Crippen MR) is 73.1 cm³/mol. The van der Waals surface area contributed by atoms with E-state index in [4.69, 9.17) is 0 Å². The molecule has 0 saturated carbocycles. The van der Waals surface area contributed by atoms with Crippen LogP contribution in [0.25, 0.3) is 0 Å². The molecule has 0 aromatic carbocycles. The van der Waals surface area contributed by atoms with E-state index >= 15 is 0 Å². The SMILES string of the molecule is CCC(C)NC(=O)C(C)NC(C)CCN(C)C. The highest BCUT2D eigenvalue weighted by Gasteiger charge is 2.16. The van der Waals surface area contributed by atoms with Gasteiger partial charge >= 0.3 is 0 Å². The van der Waals surface area contributed by atoms with Crippen molar-refractivity contribution in [3.63, 3.8) is 0 Å². The van der Waals surface area contributed by atoms with Crippen molar-refractivity contribution in [2.75, 3.05) is 20.6 Å². The first kappa shape index (κ1) is 16.4. The molecule has 102 valence electrons. The molecular weight excluding hydrogens is 214 g/mol. The minimum atomic E-state index is -0.124. The Balaban J connectivity index is 3.90. The van der Waals surface area contributed by atoms with Crippen LogP contribution in [-0.2, 0) is 4.79 Å². The van der Waals surface area contributed by atoms with Gasteiger partial charge in [0.2, 0.25) is 5.91 Å². The summed E-state index contributed by atoms with van der Waals surface area (Å²) in [6.07, 6.45) is 2.02. The van der Waals surface area contributed by atoms with Gasteiger partial charge in [-0.1, -0.05) is 6.92 Å². The number of rotatable bonds is 8. The van der Waals surface area contributed by atoms with Crippen molar-refractivity contribution in [2.45, 2.75) is 58.7 Å². The molecule has 0 fully saturated rings. The van der Waals surface area contributed by atoms with E-state index in [0.29, 0.717) is 6.04 Å². The lowest BCUT2D eigenvalue weighted by Crippen LogP contribution is -2.48. The molecule has 3 atom stereocenters. The van der Waals surface area contributed by atoms with Crippen LogP contribution in [0, 0.1) is 0 Å². The number of carbonyl (C=O) groups excluding carboxylic acids is 1. The largest absolute Gasteiger partial charge is 0.352 e. The number of hydrogen-bond donors (Lipinski definition) is 2. The van der Waals surface area contributed by atoms with E-state index in [1.807, 2.05) is 13.8 Å². The van der Waals surface area contributed by atoms with Gasteiger partial charge in [-0.2, -0.15) is 0 Å². The molecule has 1 amide bonds. The Morgan fingerprint density at radius 3 is 2.24 bits per heavy atom. The zero-order valence-electron chi connectivity index (χ0n) is 12.2. The van der Waals surface area contributed by atoms with Crippen LogP contribution in [0.3, 0.4) is 0 Å². The third-order valence-electron chi connectivity index (χ3n) is 2.94. The molecule has 0 spiro atoms. The smallest absolute Gasteiger partial charge is 0.237 e. The molecule has 0 rings (SSSR count). The second-order valence-electron chi connectivity index (χ2n) is 5.20. The fourth-order valence-electron chi connectivity index (χ4n) is 1.51. The maximum absolute atomic E-state index is 11.8. The average Bonchev–Trinajstić information content (AvgIpc) is 2.25. The van der Waals surface area contributed by atoms with Crippen molar-refractivity contribution in [3.8, 4) is 0 Å². The van der Waals surface area contributed by atoms with Crippen molar-refractivity contribution in [3.05, 3.63) is 0 Å². The number of nitrogens with one attached hydrogen (secondary N) is 2. The molecule has 0 aliphatic carbocycles. The van der Waals surface area contributed by atoms with Gasteiger partial charge in [0.25, 0.3) is 0 Å². The van der Waals surface area contributed by atoms with Crippen LogP contribution >= 0.6 is 0 Å². The fraction of sp³-hybridized carbons (Fsp3) is 0.923. The predicted octanol–water partition coefficient (Wildman–Crippen LogP) is 1.22. The van der Waals surface area contributed by atoms with Crippen molar-refractivity contribution in [1.82, 2.24) is 15.5 Å². The number of nitrogens with zero attached hydrogens (tertiary/aromatic N) is 1. The summed E-state index contributed by atoms with van der Waals surface area (Å²) in [6, 6.07) is 0.486. The minimum absolute atomic E-state index is 0.0936. The van der Waals surface area contributed by atoms with Crippen molar-refractivity contribution in [1.29, 1.82) is 0 Å². The van der Waals surface area contributed by atoms with E-state index < -0.39 is 0 Å². The highest BCUT2D eigenvalue weighted by atomic mass is 16.2. The fourth-order valence-corrected chi connectivity index (χ4v) is 1.51. The summed E-state index contributed by atoms with van der Waals surface area (Å²) < 4.78 is 0. The minimum Gasteiger partial charge on any atom is -0.352 e. The van der Waals surface area contributed by atoms with Crippen LogP contribution in [0.4, 0.5) is 0 Å². The van der Waals surface area contributed by atoms with Gasteiger partial charge in [0.05, 0.1) is 6.04 Å². The van der Waals surface area contributed by atoms with Gasteiger partial charge in [0.1, 0.15) is 0 Å². The van der Waals surface area contributed by atoms with Crippen LogP contribution in [0.2, 0.25) is 0 Å². The van der Waals surface area contributed by atoms with Gasteiger partial charge in [-0.15, -0.1) is 0 Å². The van der Waals surface area contributed by atoms with Gasteiger partial charge in [-0.3, -0.25) is 4.79 Å². The lowest BCUT2D eigenvalue weighted by atomic mass is 10.2. The second-order valence-corrected chi connectivity index (χ2v) is 5.20. The molecule has 4 heteroatoms. The molecule has 2 N–H and O–H groups in total. The molecule has 4 nitrogen and oxygen atoms in total. The Morgan fingerprint density at radius 1 is 1.18 bits per heavy atom. The number of amides is 1. The zero-order chi connectivity index (χ0) is 13.4. The molecule has 0 aromatic rings. The maximum Gasteiger partial charge on any atom is 0.237 e. The monoisotopic (exact) mass is 243 g/mol. The summed E-state index contributed by atoms with van der Waals surface area (Å²) in [4.78, 5) is 14.0. The first-order chi connectivity index (χ1) is 7.86. The topological polar surface area (TPSA) is 44.4 Å². The summed E-state index contributed by atoms with van der Waals surface area (Å²) in [6.45, 7) is 9.18. The summed E-state index contributed by atoms with van der Waals surface area (Å²) in [5, 5.41) is 6.31. The molecule has 17 heavy (non-hydrogen) atoms. The molecule has 0 aromatic heterocycles. The molecule has 3 unspecified atom stereocenters. The third-order valence-corrected chi connectivity index (χ3v) is 2.94. The van der Waals surface area contributed by atoms with E-state index in [0.717, 1.165) is 19.4 Å². The lowest BCUT2D eigenvalue weighted by molar-refractivity contribution is -0.123. The van der Waals surface area contributed by atoms with Crippen molar-refractivity contribution >= 4 is 5.91 Å². The molecule has 0 bridgehead atoms. The normalized spacial score (nSPS) is 16.6. The van der Waals surface area contributed by atoms with Gasteiger partial charge in [-0.05, 0) is 54.3 Å². The summed E-state index contributed by atoms with van der Waals surface area (Å²) in [5.41, 5.74) is 0. The van der Waals surface area contributed by atoms with Gasteiger partial charge in [0.15, 0.2) is 0 Å². The summed E-state index contributed by atoms with van der Waals surface area (Å²) in [7, 11) is 4.12. The Hall–Kier alpha value is -0.610. The molecule has 0 radical (unpaired) electrons. The van der Waals surface area contributed by atoms with E-state index in [2.05, 4.69) is 43.5 Å². The number of carbonyl (C=O) groups is 1. The van der Waals surface area contributed by atoms with Gasteiger partial charge < -0.3 is 15.5 Å². The van der Waals surface area contributed by atoms with Gasteiger partial charge in [-0.25, -0.2) is 0 Å². The standard InChI is InChI=1S/C13H29N3O/c1-7-10(2)15-13(17)12(4)14-11(3)8-9-16(5)6/h10-12,14H,7-9H2,1-6H3,(H,15,17). The third kappa shape index (κ3) is 8.16. The summed E-state index contributed by atoms with van der Waals surface area (Å²) >= 11 is 0. The van der Waals surface area contributed by atoms with E-state index in [1.165, 1.54) is 0 Å². The van der Waals surface area contributed by atoms with Crippen LogP contribution in [-0.4, -0.2) is 49.6 Å². The Labute approximate surface area is 106 Å². The van der Waals surface area contributed by atoms with Crippen molar-refractivity contribution < 1.29 is 4.79 Å². The highest BCUT2D eigenvalue weighted by Crippen LogP contribution is 1.96. The Kier molecular flexibility index (Phi) is 8.17. The molecule has 0 heterocycles. The van der Waals surface area contributed by atoms with Gasteiger partial charge in [0, 0.05) is 12.1 Å². The molecule has 0 aliphatic rings. The van der Waals surface area contributed by atoms with Crippen LogP contribution in [0.1, 0.15) is 40.5 Å². The second kappa shape index (κ2) is 8.48. The average molecular weight is 243 g/mol. The Morgan fingerprint density at radius 2 is 1.76 bits per heavy atom. The van der Waals surface area contributed by atoms with Crippen molar-refractivity contribution in [2.24, 2.45) is 0 Å².